The Hall–Kier alpha value is -0.120. The van der Waals surface area contributed by atoms with Crippen molar-refractivity contribution in [1.82, 2.24) is 10.2 Å². The molecule has 1 N–H and O–H groups in total. The van der Waals surface area contributed by atoms with E-state index in [1.54, 1.807) is 0 Å². The fraction of sp³-hybridized carbons (Fsp3) is 1.00. The van der Waals surface area contributed by atoms with Gasteiger partial charge in [0.05, 0.1) is 6.10 Å². The highest BCUT2D eigenvalue weighted by Crippen LogP contribution is 2.21. The largest absolute Gasteiger partial charge is 0.378 e. The summed E-state index contributed by atoms with van der Waals surface area (Å²) in [4.78, 5) is 2.68. The summed E-state index contributed by atoms with van der Waals surface area (Å²) >= 11 is 0. The van der Waals surface area contributed by atoms with Gasteiger partial charge in [0.1, 0.15) is 0 Å². The van der Waals surface area contributed by atoms with Crippen LogP contribution in [0.4, 0.5) is 0 Å². The summed E-state index contributed by atoms with van der Waals surface area (Å²) in [6, 6.07) is 0. The maximum absolute atomic E-state index is 5.72. The minimum absolute atomic E-state index is 0.361. The van der Waals surface area contributed by atoms with Gasteiger partial charge >= 0.3 is 0 Å². The van der Waals surface area contributed by atoms with Gasteiger partial charge in [-0.2, -0.15) is 0 Å². The van der Waals surface area contributed by atoms with Crippen LogP contribution in [0.3, 0.4) is 0 Å². The highest BCUT2D eigenvalue weighted by Gasteiger charge is 2.30. The number of nitrogens with zero attached hydrogens (tertiary/aromatic N) is 1. The van der Waals surface area contributed by atoms with E-state index in [0.29, 0.717) is 11.6 Å². The Morgan fingerprint density at radius 1 is 1.26 bits per heavy atom. The molecule has 3 nitrogen and oxygen atoms in total. The fourth-order valence-electron chi connectivity index (χ4n) is 3.55. The predicted octanol–water partition coefficient (Wildman–Crippen LogP) is 2.80. The monoisotopic (exact) mass is 268 g/mol. The zero-order valence-corrected chi connectivity index (χ0v) is 12.9. The molecule has 2 fully saturated rings. The Labute approximate surface area is 119 Å². The molecule has 1 unspecified atom stereocenters. The van der Waals surface area contributed by atoms with Crippen molar-refractivity contribution in [2.45, 2.75) is 70.4 Å². The average Bonchev–Trinajstić information content (AvgIpc) is 2.86. The number of rotatable bonds is 6. The topological polar surface area (TPSA) is 24.5 Å². The Kier molecular flexibility index (Phi) is 6.11. The highest BCUT2D eigenvalue weighted by atomic mass is 16.5. The van der Waals surface area contributed by atoms with Crippen molar-refractivity contribution in [2.75, 3.05) is 32.8 Å². The fourth-order valence-corrected chi connectivity index (χ4v) is 3.55. The van der Waals surface area contributed by atoms with Gasteiger partial charge in [0, 0.05) is 18.7 Å². The first-order valence-corrected chi connectivity index (χ1v) is 8.37. The highest BCUT2D eigenvalue weighted by molar-refractivity contribution is 4.91. The standard InChI is InChI=1S/C16H32N2O/c1-3-16(4-2)14-18(12-7-10-17-16)11-5-8-15-9-6-13-19-15/h15,17H,3-14H2,1-2H3. The number of hydrogen-bond acceptors (Lipinski definition) is 3. The van der Waals surface area contributed by atoms with Crippen molar-refractivity contribution in [3.63, 3.8) is 0 Å². The van der Waals surface area contributed by atoms with E-state index in [4.69, 9.17) is 4.74 Å². The molecule has 2 rings (SSSR count). The van der Waals surface area contributed by atoms with Crippen molar-refractivity contribution in [3.8, 4) is 0 Å². The van der Waals surface area contributed by atoms with Crippen LogP contribution in [-0.4, -0.2) is 49.3 Å². The first kappa shape index (κ1) is 15.3. The van der Waals surface area contributed by atoms with Crippen LogP contribution in [0.2, 0.25) is 0 Å². The number of nitrogens with one attached hydrogen (secondary N) is 1. The van der Waals surface area contributed by atoms with E-state index in [9.17, 15) is 0 Å². The quantitative estimate of drug-likeness (QED) is 0.801. The summed E-state index contributed by atoms with van der Waals surface area (Å²) < 4.78 is 5.72. The third kappa shape index (κ3) is 4.44. The molecule has 1 atom stereocenters. The second-order valence-electron chi connectivity index (χ2n) is 6.32. The van der Waals surface area contributed by atoms with Crippen LogP contribution in [-0.2, 0) is 4.74 Å². The van der Waals surface area contributed by atoms with Crippen LogP contribution in [0, 0.1) is 0 Å². The van der Waals surface area contributed by atoms with Gasteiger partial charge in [-0.1, -0.05) is 13.8 Å². The minimum atomic E-state index is 0.361. The molecule has 0 bridgehead atoms. The van der Waals surface area contributed by atoms with Gasteiger partial charge in [-0.15, -0.1) is 0 Å². The van der Waals surface area contributed by atoms with Crippen LogP contribution in [0.5, 0.6) is 0 Å². The molecule has 0 radical (unpaired) electrons. The summed E-state index contributed by atoms with van der Waals surface area (Å²) in [7, 11) is 0. The summed E-state index contributed by atoms with van der Waals surface area (Å²) in [5, 5.41) is 3.79. The molecule has 0 aromatic rings. The summed E-state index contributed by atoms with van der Waals surface area (Å²) in [5.74, 6) is 0. The SMILES string of the molecule is CCC1(CC)CN(CCCC2CCCO2)CCCN1. The van der Waals surface area contributed by atoms with Gasteiger partial charge in [0.15, 0.2) is 0 Å². The second-order valence-corrected chi connectivity index (χ2v) is 6.32. The maximum atomic E-state index is 5.72. The molecule has 0 saturated carbocycles. The molecule has 0 amide bonds. The summed E-state index contributed by atoms with van der Waals surface area (Å²) in [5.41, 5.74) is 0.361. The van der Waals surface area contributed by atoms with E-state index in [0.717, 1.165) is 6.61 Å². The van der Waals surface area contributed by atoms with Gasteiger partial charge in [-0.3, -0.25) is 0 Å². The molecule has 0 aromatic carbocycles. The zero-order chi connectivity index (χ0) is 13.6. The first-order chi connectivity index (χ1) is 9.28. The maximum Gasteiger partial charge on any atom is 0.0576 e. The summed E-state index contributed by atoms with van der Waals surface area (Å²) in [6.07, 6.45) is 9.46. The Morgan fingerprint density at radius 3 is 2.79 bits per heavy atom. The second kappa shape index (κ2) is 7.61. The lowest BCUT2D eigenvalue weighted by Gasteiger charge is -2.35. The van der Waals surface area contributed by atoms with Crippen molar-refractivity contribution in [1.29, 1.82) is 0 Å². The van der Waals surface area contributed by atoms with Crippen molar-refractivity contribution in [2.24, 2.45) is 0 Å². The number of ether oxygens (including phenoxy) is 1. The van der Waals surface area contributed by atoms with Crippen LogP contribution < -0.4 is 5.32 Å². The zero-order valence-electron chi connectivity index (χ0n) is 12.9. The third-order valence-corrected chi connectivity index (χ3v) is 5.06. The van der Waals surface area contributed by atoms with Crippen LogP contribution >= 0.6 is 0 Å². The van der Waals surface area contributed by atoms with Gasteiger partial charge in [0.25, 0.3) is 0 Å². The molecule has 2 saturated heterocycles. The van der Waals surface area contributed by atoms with Crippen molar-refractivity contribution >= 4 is 0 Å². The normalized spacial score (nSPS) is 28.4. The summed E-state index contributed by atoms with van der Waals surface area (Å²) in [6.45, 7) is 10.6. The van der Waals surface area contributed by atoms with Crippen molar-refractivity contribution in [3.05, 3.63) is 0 Å². The lowest BCUT2D eigenvalue weighted by Crippen LogP contribution is -2.50. The molecular formula is C16H32N2O. The molecule has 2 aliphatic heterocycles. The molecule has 2 aliphatic rings. The first-order valence-electron chi connectivity index (χ1n) is 8.37. The van der Waals surface area contributed by atoms with E-state index < -0.39 is 0 Å². The predicted molar refractivity (Wildman–Crippen MR) is 80.6 cm³/mol. The van der Waals surface area contributed by atoms with Gasteiger partial charge in [0.2, 0.25) is 0 Å². The molecule has 19 heavy (non-hydrogen) atoms. The van der Waals surface area contributed by atoms with Gasteiger partial charge in [-0.25, -0.2) is 0 Å². The smallest absolute Gasteiger partial charge is 0.0576 e. The Bertz CT molecular complexity index is 247. The molecular weight excluding hydrogens is 236 g/mol. The van der Waals surface area contributed by atoms with E-state index >= 15 is 0 Å². The Balaban J connectivity index is 1.74. The number of hydrogen-bond donors (Lipinski definition) is 1. The lowest BCUT2D eigenvalue weighted by molar-refractivity contribution is 0.0972. The molecule has 0 aliphatic carbocycles. The Morgan fingerprint density at radius 2 is 2.11 bits per heavy atom. The van der Waals surface area contributed by atoms with Gasteiger partial charge < -0.3 is 15.0 Å². The third-order valence-electron chi connectivity index (χ3n) is 5.06. The molecule has 2 heterocycles. The van der Waals surface area contributed by atoms with Crippen molar-refractivity contribution < 1.29 is 4.74 Å². The van der Waals surface area contributed by atoms with Gasteiger partial charge in [-0.05, 0) is 64.6 Å². The van der Waals surface area contributed by atoms with Crippen LogP contribution in [0.25, 0.3) is 0 Å². The molecule has 112 valence electrons. The van der Waals surface area contributed by atoms with Crippen LogP contribution in [0.1, 0.15) is 58.8 Å². The molecule has 0 aromatic heterocycles. The van der Waals surface area contributed by atoms with E-state index in [1.807, 2.05) is 0 Å². The molecule has 0 spiro atoms. The average molecular weight is 268 g/mol. The van der Waals surface area contributed by atoms with E-state index in [2.05, 4.69) is 24.1 Å². The molecule has 3 heteroatoms. The lowest BCUT2D eigenvalue weighted by atomic mass is 9.92. The van der Waals surface area contributed by atoms with Crippen LogP contribution in [0.15, 0.2) is 0 Å². The van der Waals surface area contributed by atoms with E-state index in [1.165, 1.54) is 71.1 Å². The minimum Gasteiger partial charge on any atom is -0.378 e. The van der Waals surface area contributed by atoms with E-state index in [-0.39, 0.29) is 0 Å².